The Morgan fingerprint density at radius 1 is 0.635 bits per heavy atom. The lowest BCUT2D eigenvalue weighted by atomic mass is 9.95. The zero-order valence-corrected chi connectivity index (χ0v) is 36.3. The molecule has 13 nitrogen and oxygen atoms in total. The molecule has 4 aromatic rings. The number of benzene rings is 4. The molecule has 4 aromatic carbocycles. The van der Waals surface area contributed by atoms with Gasteiger partial charge in [-0.1, -0.05) is 54.6 Å². The van der Waals surface area contributed by atoms with Crippen LogP contribution in [0.5, 0.6) is 0 Å². The lowest BCUT2D eigenvalue weighted by Gasteiger charge is -2.36. The number of hydrogen-bond donors (Lipinski definition) is 4. The first-order chi connectivity index (χ1) is 30.8. The molecule has 0 bridgehead atoms. The summed E-state index contributed by atoms with van der Waals surface area (Å²) in [7, 11) is 0. The number of carbonyl (C=O) groups excluding carboxylic acids is 3. The second-order valence-corrected chi connectivity index (χ2v) is 17.4. The Hall–Kier alpha value is -5.15. The van der Waals surface area contributed by atoms with Crippen molar-refractivity contribution in [2.45, 2.75) is 63.4 Å². The van der Waals surface area contributed by atoms with Crippen LogP contribution in [0.15, 0.2) is 91.0 Å². The largest absolute Gasteiger partial charge is 0.390 e. The van der Waals surface area contributed by atoms with Crippen LogP contribution in [-0.2, 0) is 41.8 Å². The molecule has 2 saturated heterocycles. The van der Waals surface area contributed by atoms with Crippen molar-refractivity contribution in [3.8, 4) is 0 Å². The molecule has 0 aliphatic carbocycles. The van der Waals surface area contributed by atoms with Gasteiger partial charge in [0.15, 0.2) is 0 Å². The molecule has 3 amide bonds. The minimum atomic E-state index is -0.758. The van der Waals surface area contributed by atoms with E-state index >= 15 is 0 Å². The van der Waals surface area contributed by atoms with Crippen LogP contribution in [0.1, 0.15) is 71.7 Å². The third-order valence-electron chi connectivity index (χ3n) is 12.9. The van der Waals surface area contributed by atoms with E-state index in [-0.39, 0.29) is 36.9 Å². The second kappa shape index (κ2) is 21.5. The molecule has 334 valence electrons. The summed E-state index contributed by atoms with van der Waals surface area (Å²) in [5.74, 6) is -0.634. The van der Waals surface area contributed by atoms with Gasteiger partial charge in [-0.15, -0.1) is 0 Å². The fourth-order valence-electron chi connectivity index (χ4n) is 9.38. The summed E-state index contributed by atoms with van der Waals surface area (Å²) in [4.78, 5) is 48.1. The molecule has 8 rings (SSSR count). The lowest BCUT2D eigenvalue weighted by molar-refractivity contribution is 0.0303. The molecule has 4 aliphatic rings. The molecule has 4 N–H and O–H groups in total. The topological polar surface area (TPSA) is 147 Å². The van der Waals surface area contributed by atoms with Crippen molar-refractivity contribution in [2.24, 2.45) is 0 Å². The van der Waals surface area contributed by atoms with Gasteiger partial charge in [-0.2, -0.15) is 0 Å². The van der Waals surface area contributed by atoms with Crippen molar-refractivity contribution < 1.29 is 34.1 Å². The van der Waals surface area contributed by atoms with Gasteiger partial charge in [-0.25, -0.2) is 0 Å². The lowest BCUT2D eigenvalue weighted by Crippen LogP contribution is -2.42. The van der Waals surface area contributed by atoms with E-state index in [0.29, 0.717) is 75.8 Å². The molecule has 4 aliphatic heterocycles. The van der Waals surface area contributed by atoms with Crippen LogP contribution in [0.2, 0.25) is 0 Å². The molecule has 13 heteroatoms. The number of nitrogens with zero attached hydrogens (tertiary/aromatic N) is 4. The minimum Gasteiger partial charge on any atom is -0.390 e. The molecule has 2 unspecified atom stereocenters. The molecule has 0 spiro atoms. The molecular formula is C50H62N6O7. The fraction of sp³-hybridized carbons (Fsp3) is 0.460. The third kappa shape index (κ3) is 11.9. The number of amides is 3. The molecule has 63 heavy (non-hydrogen) atoms. The second-order valence-electron chi connectivity index (χ2n) is 17.4. The van der Waals surface area contributed by atoms with Crippen molar-refractivity contribution in [2.75, 3.05) is 90.2 Å². The smallest absolute Gasteiger partial charge is 0.254 e. The normalized spacial score (nSPS) is 18.2. The van der Waals surface area contributed by atoms with Crippen LogP contribution < -0.4 is 15.5 Å². The summed E-state index contributed by atoms with van der Waals surface area (Å²) in [5.41, 5.74) is 8.89. The van der Waals surface area contributed by atoms with Gasteiger partial charge >= 0.3 is 0 Å². The molecule has 4 heterocycles. The highest BCUT2D eigenvalue weighted by Crippen LogP contribution is 2.27. The van der Waals surface area contributed by atoms with Crippen molar-refractivity contribution >= 4 is 23.4 Å². The summed E-state index contributed by atoms with van der Waals surface area (Å²) in [6.07, 6.45) is 3.06. The number of anilines is 1. The summed E-state index contributed by atoms with van der Waals surface area (Å²) in [6.45, 7) is 8.70. The molecular weight excluding hydrogens is 797 g/mol. The monoisotopic (exact) mass is 858 g/mol. The van der Waals surface area contributed by atoms with E-state index in [2.05, 4.69) is 73.9 Å². The first-order valence-electron chi connectivity index (χ1n) is 22.7. The van der Waals surface area contributed by atoms with E-state index in [9.17, 15) is 24.6 Å². The highest BCUT2D eigenvalue weighted by Gasteiger charge is 2.26. The predicted molar refractivity (Wildman–Crippen MR) is 242 cm³/mol. The van der Waals surface area contributed by atoms with Crippen LogP contribution in [0.3, 0.4) is 0 Å². The number of ether oxygens (including phenoxy) is 2. The fourth-order valence-corrected chi connectivity index (χ4v) is 9.38. The Morgan fingerprint density at radius 3 is 1.92 bits per heavy atom. The van der Waals surface area contributed by atoms with Crippen molar-refractivity contribution in [1.29, 1.82) is 0 Å². The van der Waals surface area contributed by atoms with Gasteiger partial charge in [0.1, 0.15) is 0 Å². The Labute approximate surface area is 371 Å². The highest BCUT2D eigenvalue weighted by atomic mass is 16.5. The summed E-state index contributed by atoms with van der Waals surface area (Å²) < 4.78 is 11.1. The van der Waals surface area contributed by atoms with Crippen LogP contribution in [0, 0.1) is 0 Å². The van der Waals surface area contributed by atoms with Crippen molar-refractivity contribution in [3.63, 3.8) is 0 Å². The highest BCUT2D eigenvalue weighted by molar-refractivity contribution is 5.99. The van der Waals surface area contributed by atoms with E-state index in [1.165, 1.54) is 27.8 Å². The summed E-state index contributed by atoms with van der Waals surface area (Å²) >= 11 is 0. The van der Waals surface area contributed by atoms with Crippen molar-refractivity contribution in [1.82, 2.24) is 25.3 Å². The van der Waals surface area contributed by atoms with Crippen LogP contribution in [-0.4, -0.2) is 146 Å². The van der Waals surface area contributed by atoms with E-state index in [0.717, 1.165) is 64.0 Å². The number of hydrogen-bond acceptors (Lipinski definition) is 10. The zero-order chi connectivity index (χ0) is 43.5. The minimum absolute atomic E-state index is 0.102. The number of aliphatic hydroxyl groups is 2. The summed E-state index contributed by atoms with van der Waals surface area (Å²) in [5, 5.41) is 27.7. The number of fused-ring (bicyclic) bond motifs is 2. The zero-order valence-electron chi connectivity index (χ0n) is 36.3. The van der Waals surface area contributed by atoms with E-state index in [1.54, 1.807) is 29.2 Å². The number of nitrogens with one attached hydrogen (secondary N) is 2. The number of carbonyl (C=O) groups is 3. The van der Waals surface area contributed by atoms with E-state index in [1.807, 2.05) is 18.2 Å². The summed E-state index contributed by atoms with van der Waals surface area (Å²) in [6, 6.07) is 30.1. The van der Waals surface area contributed by atoms with Gasteiger partial charge in [0.05, 0.1) is 25.4 Å². The van der Waals surface area contributed by atoms with Crippen LogP contribution >= 0.6 is 0 Å². The SMILES string of the molecule is O=C(NCC(O)CN1CCc2ccccc2C1)c1cccc(N(CCc2ccc3c(c2)CN(CC(O)CNC(=O)c2cccc(C(=O)N4CCOCC4)c2)CC3)C2CCOCC2)c1. The maximum absolute atomic E-state index is 13.4. The quantitative estimate of drug-likeness (QED) is 0.132. The van der Waals surface area contributed by atoms with Gasteiger partial charge < -0.3 is 40.1 Å². The first-order valence-corrected chi connectivity index (χ1v) is 22.7. The molecule has 2 fully saturated rings. The molecule has 0 radical (unpaired) electrons. The van der Waals surface area contributed by atoms with Gasteiger partial charge in [0.25, 0.3) is 17.7 Å². The number of rotatable bonds is 16. The van der Waals surface area contributed by atoms with Crippen molar-refractivity contribution in [3.05, 3.63) is 136 Å². The predicted octanol–water partition coefficient (Wildman–Crippen LogP) is 3.69. The van der Waals surface area contributed by atoms with Gasteiger partial charge in [0, 0.05) is 114 Å². The average Bonchev–Trinajstić information content (AvgIpc) is 3.33. The van der Waals surface area contributed by atoms with E-state index < -0.39 is 12.2 Å². The number of morpholine rings is 1. The average molecular weight is 859 g/mol. The third-order valence-corrected chi connectivity index (χ3v) is 12.9. The Kier molecular flexibility index (Phi) is 15.2. The van der Waals surface area contributed by atoms with Crippen LogP contribution in [0.4, 0.5) is 5.69 Å². The Morgan fingerprint density at radius 2 is 1.22 bits per heavy atom. The molecule has 0 saturated carbocycles. The van der Waals surface area contributed by atoms with E-state index in [4.69, 9.17) is 9.47 Å². The maximum Gasteiger partial charge on any atom is 0.254 e. The number of β-amino-alcohol motifs (C(OH)–C–C–N with tert-alkyl or cyclic N) is 2. The molecule has 0 aromatic heterocycles. The standard InChI is InChI=1S/C50H62N6O7/c57-46(34-53-18-14-37-5-1-2-6-42(37)32-53)31-52-49(60)40-8-4-10-45(29-40)56(44-16-23-62-24-17-44)20-13-36-11-12-38-15-19-54(33-43(38)27-36)35-47(58)30-51-48(59)39-7-3-9-41(28-39)50(61)55-21-25-63-26-22-55/h1-12,27-29,44,46-47,57-58H,13-26,30-35H2,(H,51,59)(H,52,60). The van der Waals surface area contributed by atoms with Gasteiger partial charge in [0.2, 0.25) is 0 Å². The van der Waals surface area contributed by atoms with Gasteiger partial charge in [-0.05, 0) is 96.3 Å². The maximum atomic E-state index is 13.4. The van der Waals surface area contributed by atoms with Crippen LogP contribution in [0.25, 0.3) is 0 Å². The first kappa shape index (κ1) is 44.5. The molecule has 2 atom stereocenters. The Bertz CT molecular complexity index is 2190. The van der Waals surface area contributed by atoms with Gasteiger partial charge in [-0.3, -0.25) is 24.2 Å². The Balaban J connectivity index is 0.830. The number of aliphatic hydroxyl groups excluding tert-OH is 2.